The van der Waals surface area contributed by atoms with Crippen molar-refractivity contribution >= 4 is 46.2 Å². The molecule has 44 heavy (non-hydrogen) atoms. The minimum Gasteiger partial charge on any atom is -0.477 e. The molecule has 1 saturated heterocycles. The van der Waals surface area contributed by atoms with Crippen LogP contribution in [-0.2, 0) is 4.74 Å². The first kappa shape index (κ1) is 30.3. The molecule has 0 saturated carbocycles. The molecule has 0 radical (unpaired) electrons. The predicted molar refractivity (Wildman–Crippen MR) is 163 cm³/mol. The van der Waals surface area contributed by atoms with E-state index in [1.165, 1.54) is 29.3 Å². The van der Waals surface area contributed by atoms with Gasteiger partial charge in [0.25, 0.3) is 5.91 Å². The van der Waals surface area contributed by atoms with Crippen LogP contribution in [0.15, 0.2) is 60.9 Å². The summed E-state index contributed by atoms with van der Waals surface area (Å²) < 4.78 is 21.3. The van der Waals surface area contributed by atoms with E-state index < -0.39 is 35.4 Å². The highest BCUT2D eigenvalue weighted by Gasteiger charge is 2.36. The third-order valence-corrected chi connectivity index (χ3v) is 7.17. The smallest absolute Gasteiger partial charge is 0.410 e. The second-order valence-electron chi connectivity index (χ2n) is 11.6. The van der Waals surface area contributed by atoms with E-state index in [1.807, 2.05) is 31.2 Å². The van der Waals surface area contributed by atoms with Gasteiger partial charge in [0, 0.05) is 36.6 Å². The van der Waals surface area contributed by atoms with Crippen LogP contribution in [0.4, 0.5) is 26.6 Å². The van der Waals surface area contributed by atoms with Gasteiger partial charge in [0.15, 0.2) is 5.69 Å². The molecular formula is C32H33FN6O5. The molecule has 11 nitrogen and oxygen atoms in total. The third-order valence-electron chi connectivity index (χ3n) is 7.17. The van der Waals surface area contributed by atoms with Crippen molar-refractivity contribution in [3.8, 4) is 0 Å². The minimum atomic E-state index is -1.23. The Morgan fingerprint density at radius 2 is 1.86 bits per heavy atom. The summed E-state index contributed by atoms with van der Waals surface area (Å²) in [6.07, 6.45) is 3.58. The molecule has 1 aliphatic heterocycles. The molecule has 12 heteroatoms. The second-order valence-corrected chi connectivity index (χ2v) is 11.6. The zero-order valence-electron chi connectivity index (χ0n) is 24.9. The number of aromatic carboxylic acids is 1. The fourth-order valence-electron chi connectivity index (χ4n) is 5.23. The van der Waals surface area contributed by atoms with E-state index in [2.05, 4.69) is 20.3 Å². The maximum atomic E-state index is 15.7. The zero-order valence-corrected chi connectivity index (χ0v) is 24.9. The molecule has 2 N–H and O–H groups in total. The normalized spacial score (nSPS) is 15.1. The first-order valence-electron chi connectivity index (χ1n) is 14.2. The van der Waals surface area contributed by atoms with E-state index >= 15 is 4.39 Å². The molecule has 0 aliphatic carbocycles. The Hall–Kier alpha value is -5.13. The number of anilines is 3. The standard InChI is InChI=1S/C32H33FN6O5/c1-19-7-5-8-20-12-14-34-27(26(19)20)39(22-9-6-16-38(18-22)31(43)44-32(2,3)4)28(40)23-11-10-21(17-24(23)33)36-30-35-15-13-25(37-30)29(41)42/h5,7-8,10-15,17,22H,6,9,16,18H2,1-4H3,(H,41,42)(H,35,36,37)/t22-/m1/s1. The Bertz CT molecular complexity index is 1740. The van der Waals surface area contributed by atoms with Crippen LogP contribution >= 0.6 is 0 Å². The van der Waals surface area contributed by atoms with Crippen LogP contribution in [0.1, 0.15) is 60.0 Å². The maximum absolute atomic E-state index is 15.7. The van der Waals surface area contributed by atoms with Gasteiger partial charge in [-0.1, -0.05) is 18.2 Å². The van der Waals surface area contributed by atoms with Crippen LogP contribution in [0.2, 0.25) is 0 Å². The van der Waals surface area contributed by atoms with Gasteiger partial charge in [-0.15, -0.1) is 0 Å². The van der Waals surface area contributed by atoms with Gasteiger partial charge in [-0.2, -0.15) is 0 Å². The number of likely N-dealkylation sites (tertiary alicyclic amines) is 1. The van der Waals surface area contributed by atoms with Crippen LogP contribution in [0.3, 0.4) is 0 Å². The van der Waals surface area contributed by atoms with Crippen molar-refractivity contribution in [1.29, 1.82) is 0 Å². The van der Waals surface area contributed by atoms with E-state index in [4.69, 9.17) is 4.74 Å². The third kappa shape index (κ3) is 6.59. The van der Waals surface area contributed by atoms with Crippen molar-refractivity contribution in [2.45, 2.75) is 52.2 Å². The number of piperidine rings is 1. The molecule has 228 valence electrons. The molecule has 1 aliphatic rings. The number of nitrogens with one attached hydrogen (secondary N) is 1. The van der Waals surface area contributed by atoms with Crippen molar-refractivity contribution in [3.63, 3.8) is 0 Å². The zero-order chi connectivity index (χ0) is 31.6. The average Bonchev–Trinajstić information content (AvgIpc) is 2.97. The van der Waals surface area contributed by atoms with Crippen molar-refractivity contribution in [3.05, 3.63) is 83.6 Å². The first-order valence-corrected chi connectivity index (χ1v) is 14.2. The number of hydrogen-bond acceptors (Lipinski definition) is 8. The summed E-state index contributed by atoms with van der Waals surface area (Å²) in [6, 6.07) is 12.3. The van der Waals surface area contributed by atoms with Crippen LogP contribution in [0, 0.1) is 12.7 Å². The predicted octanol–water partition coefficient (Wildman–Crippen LogP) is 5.96. The number of fused-ring (bicyclic) bond motifs is 1. The highest BCUT2D eigenvalue weighted by atomic mass is 19.1. The fraction of sp³-hybridized carbons (Fsp3) is 0.312. The van der Waals surface area contributed by atoms with Gasteiger partial charge in [0.05, 0.1) is 11.6 Å². The largest absolute Gasteiger partial charge is 0.477 e. The van der Waals surface area contributed by atoms with E-state index in [0.29, 0.717) is 25.2 Å². The maximum Gasteiger partial charge on any atom is 0.410 e. The fourth-order valence-corrected chi connectivity index (χ4v) is 5.23. The summed E-state index contributed by atoms with van der Waals surface area (Å²) in [5.74, 6) is -2.31. The number of rotatable bonds is 6. The number of nitrogens with zero attached hydrogens (tertiary/aromatic N) is 5. The minimum absolute atomic E-state index is 0.0372. The van der Waals surface area contributed by atoms with Gasteiger partial charge in [-0.3, -0.25) is 9.69 Å². The van der Waals surface area contributed by atoms with E-state index in [-0.39, 0.29) is 29.4 Å². The van der Waals surface area contributed by atoms with Gasteiger partial charge in [0.2, 0.25) is 5.95 Å². The molecule has 5 rings (SSSR count). The highest BCUT2D eigenvalue weighted by molar-refractivity contribution is 6.11. The highest BCUT2D eigenvalue weighted by Crippen LogP contribution is 2.33. The van der Waals surface area contributed by atoms with Crippen LogP contribution in [0.5, 0.6) is 0 Å². The number of hydrogen-bond donors (Lipinski definition) is 2. The molecule has 0 spiro atoms. The van der Waals surface area contributed by atoms with Crippen molar-refractivity contribution < 1.29 is 28.6 Å². The van der Waals surface area contributed by atoms with Gasteiger partial charge in [-0.25, -0.2) is 28.9 Å². The number of halogens is 1. The number of pyridine rings is 1. The number of carbonyl (C=O) groups excluding carboxylic acids is 2. The van der Waals surface area contributed by atoms with Gasteiger partial charge in [-0.05, 0) is 81.8 Å². The number of amides is 2. The monoisotopic (exact) mass is 600 g/mol. The number of carbonyl (C=O) groups is 3. The summed E-state index contributed by atoms with van der Waals surface area (Å²) in [7, 11) is 0. The molecular weight excluding hydrogens is 567 g/mol. The molecule has 2 aromatic heterocycles. The molecule has 4 aromatic rings. The Kier molecular flexibility index (Phi) is 8.43. The van der Waals surface area contributed by atoms with Crippen molar-refractivity contribution in [2.75, 3.05) is 23.3 Å². The lowest BCUT2D eigenvalue weighted by atomic mass is 10.00. The molecule has 2 amide bonds. The molecule has 1 atom stereocenters. The lowest BCUT2D eigenvalue weighted by Gasteiger charge is -2.39. The van der Waals surface area contributed by atoms with Gasteiger partial charge in [0.1, 0.15) is 17.2 Å². The van der Waals surface area contributed by atoms with E-state index in [0.717, 1.165) is 22.4 Å². The number of ether oxygens (including phenoxy) is 1. The summed E-state index contributed by atoms with van der Waals surface area (Å²) in [5, 5.41) is 13.6. The Morgan fingerprint density at radius 3 is 2.59 bits per heavy atom. The lowest BCUT2D eigenvalue weighted by Crippen LogP contribution is -2.53. The second kappa shape index (κ2) is 12.2. The first-order chi connectivity index (χ1) is 20.9. The Balaban J connectivity index is 1.52. The number of carboxylic acid groups (broad SMARTS) is 1. The van der Waals surface area contributed by atoms with Crippen LogP contribution < -0.4 is 10.2 Å². The molecule has 1 fully saturated rings. The van der Waals surface area contributed by atoms with Gasteiger partial charge < -0.3 is 20.1 Å². The number of aromatic nitrogens is 3. The van der Waals surface area contributed by atoms with Crippen LogP contribution in [-0.4, -0.2) is 67.7 Å². The summed E-state index contributed by atoms with van der Waals surface area (Å²) >= 11 is 0. The SMILES string of the molecule is Cc1cccc2ccnc(N(C(=O)c3ccc(Nc4nccc(C(=O)O)n4)cc3F)[C@@H]3CCCN(C(=O)OC(C)(C)C)C3)c12. The summed E-state index contributed by atoms with van der Waals surface area (Å²) in [6.45, 7) is 7.95. The van der Waals surface area contributed by atoms with E-state index in [9.17, 15) is 19.5 Å². The number of carboxylic acids is 1. The van der Waals surface area contributed by atoms with E-state index in [1.54, 1.807) is 31.9 Å². The number of benzene rings is 2. The molecule has 2 aromatic carbocycles. The van der Waals surface area contributed by atoms with Gasteiger partial charge >= 0.3 is 12.1 Å². The average molecular weight is 601 g/mol. The molecule has 0 bridgehead atoms. The van der Waals surface area contributed by atoms with Crippen molar-refractivity contribution in [1.82, 2.24) is 19.9 Å². The Morgan fingerprint density at radius 1 is 1.09 bits per heavy atom. The molecule has 0 unspecified atom stereocenters. The number of aryl methyl sites for hydroxylation is 1. The topological polar surface area (TPSA) is 138 Å². The van der Waals surface area contributed by atoms with Crippen LogP contribution in [0.25, 0.3) is 10.8 Å². The quantitative estimate of drug-likeness (QED) is 0.275. The summed E-state index contributed by atoms with van der Waals surface area (Å²) in [4.78, 5) is 54.1. The summed E-state index contributed by atoms with van der Waals surface area (Å²) in [5.41, 5.74) is 0.00814. The molecule has 3 heterocycles. The lowest BCUT2D eigenvalue weighted by molar-refractivity contribution is 0.0195. The Labute approximate surface area is 253 Å². The van der Waals surface area contributed by atoms with Crippen molar-refractivity contribution in [2.24, 2.45) is 0 Å².